The molecular weight excluding hydrogens is 200 g/mol. The van der Waals surface area contributed by atoms with Gasteiger partial charge < -0.3 is 4.42 Å². The van der Waals surface area contributed by atoms with Gasteiger partial charge in [0.05, 0.1) is 6.26 Å². The van der Waals surface area contributed by atoms with Crippen molar-refractivity contribution in [3.8, 4) is 12.1 Å². The summed E-state index contributed by atoms with van der Waals surface area (Å²) in [5, 5.41) is 17.7. The van der Waals surface area contributed by atoms with Crippen molar-refractivity contribution in [1.29, 1.82) is 10.5 Å². The molecule has 1 heterocycles. The molecule has 0 N–H and O–H groups in total. The molecule has 1 aliphatic rings. The Kier molecular flexibility index (Phi) is 2.89. The minimum atomic E-state index is 0.213. The summed E-state index contributed by atoms with van der Waals surface area (Å²) in [4.78, 5) is 0. The third-order valence-corrected chi connectivity index (χ3v) is 2.50. The van der Waals surface area contributed by atoms with Gasteiger partial charge in [0.1, 0.15) is 23.5 Å². The molecule has 1 aromatic rings. The van der Waals surface area contributed by atoms with Crippen LogP contribution in [-0.4, -0.2) is 0 Å². The van der Waals surface area contributed by atoms with E-state index in [1.807, 2.05) is 24.3 Å². The fourth-order valence-electron chi connectivity index (χ4n) is 1.53. The third kappa shape index (κ3) is 2.21. The first kappa shape index (κ1) is 10.3. The number of allylic oxidation sites excluding steroid dienone is 3. The first-order chi connectivity index (χ1) is 7.85. The van der Waals surface area contributed by atoms with E-state index in [9.17, 15) is 0 Å². The van der Waals surface area contributed by atoms with E-state index in [4.69, 9.17) is 14.9 Å². The van der Waals surface area contributed by atoms with Crippen LogP contribution in [0.3, 0.4) is 0 Å². The highest BCUT2D eigenvalue weighted by Crippen LogP contribution is 2.38. The summed E-state index contributed by atoms with van der Waals surface area (Å²) < 4.78 is 5.16. The van der Waals surface area contributed by atoms with E-state index in [-0.39, 0.29) is 5.57 Å². The maximum Gasteiger partial charge on any atom is 0.133 e. The SMILES string of the molecule is N#CC(C#N)=C(/C=C/c1ccco1)C1CC1. The quantitative estimate of drug-likeness (QED) is 0.569. The maximum absolute atomic E-state index is 8.84. The van der Waals surface area contributed by atoms with Gasteiger partial charge in [0.2, 0.25) is 0 Å². The van der Waals surface area contributed by atoms with E-state index in [0.29, 0.717) is 5.92 Å². The first-order valence-electron chi connectivity index (χ1n) is 5.11. The van der Waals surface area contributed by atoms with Gasteiger partial charge in [-0.25, -0.2) is 0 Å². The maximum atomic E-state index is 8.84. The molecule has 0 aliphatic heterocycles. The zero-order valence-electron chi connectivity index (χ0n) is 8.68. The van der Waals surface area contributed by atoms with Crippen molar-refractivity contribution in [3.63, 3.8) is 0 Å². The molecule has 0 spiro atoms. The van der Waals surface area contributed by atoms with E-state index >= 15 is 0 Å². The molecule has 3 nitrogen and oxygen atoms in total. The van der Waals surface area contributed by atoms with Crippen LogP contribution in [0, 0.1) is 28.6 Å². The van der Waals surface area contributed by atoms with Gasteiger partial charge in [0.25, 0.3) is 0 Å². The number of hydrogen-bond donors (Lipinski definition) is 0. The lowest BCUT2D eigenvalue weighted by Crippen LogP contribution is -1.87. The first-order valence-corrected chi connectivity index (χ1v) is 5.11. The Hall–Kier alpha value is -2.26. The summed E-state index contributed by atoms with van der Waals surface area (Å²) in [6.07, 6.45) is 7.33. The second kappa shape index (κ2) is 4.51. The molecule has 0 unspecified atom stereocenters. The molecule has 0 saturated heterocycles. The van der Waals surface area contributed by atoms with Crippen molar-refractivity contribution in [3.05, 3.63) is 41.4 Å². The summed E-state index contributed by atoms with van der Waals surface area (Å²) in [5.74, 6) is 1.11. The van der Waals surface area contributed by atoms with Gasteiger partial charge in [0, 0.05) is 0 Å². The zero-order chi connectivity index (χ0) is 11.4. The summed E-state index contributed by atoms with van der Waals surface area (Å²) in [6, 6.07) is 7.51. The topological polar surface area (TPSA) is 60.7 Å². The smallest absolute Gasteiger partial charge is 0.133 e. The third-order valence-electron chi connectivity index (χ3n) is 2.50. The Bertz CT molecular complexity index is 489. The fraction of sp³-hybridized carbons (Fsp3) is 0.231. The van der Waals surface area contributed by atoms with Crippen LogP contribution in [0.1, 0.15) is 18.6 Å². The highest BCUT2D eigenvalue weighted by molar-refractivity contribution is 5.55. The number of furan rings is 1. The van der Waals surface area contributed by atoms with Crippen molar-refractivity contribution < 1.29 is 4.42 Å². The predicted molar refractivity (Wildman–Crippen MR) is 58.7 cm³/mol. The normalized spacial score (nSPS) is 14.4. The average molecular weight is 210 g/mol. The average Bonchev–Trinajstić information content (AvgIpc) is 3.01. The predicted octanol–water partition coefficient (Wildman–Crippen LogP) is 3.05. The van der Waals surface area contributed by atoms with Gasteiger partial charge in [-0.3, -0.25) is 0 Å². The van der Waals surface area contributed by atoms with Gasteiger partial charge >= 0.3 is 0 Å². The Labute approximate surface area is 93.9 Å². The number of hydrogen-bond acceptors (Lipinski definition) is 3. The van der Waals surface area contributed by atoms with E-state index in [2.05, 4.69) is 0 Å². The monoisotopic (exact) mass is 210 g/mol. The molecule has 1 aromatic heterocycles. The van der Waals surface area contributed by atoms with Gasteiger partial charge in [-0.15, -0.1) is 0 Å². The number of nitrogens with zero attached hydrogens (tertiary/aromatic N) is 2. The van der Waals surface area contributed by atoms with Crippen LogP contribution in [0.15, 0.2) is 40.0 Å². The van der Waals surface area contributed by atoms with Crippen molar-refractivity contribution in [2.45, 2.75) is 12.8 Å². The van der Waals surface area contributed by atoms with Crippen molar-refractivity contribution in [2.24, 2.45) is 5.92 Å². The van der Waals surface area contributed by atoms with Crippen molar-refractivity contribution >= 4 is 6.08 Å². The summed E-state index contributed by atoms with van der Waals surface area (Å²) in [6.45, 7) is 0. The molecule has 1 saturated carbocycles. The number of nitriles is 2. The lowest BCUT2D eigenvalue weighted by Gasteiger charge is -1.97. The molecular formula is C13H10N2O. The lowest BCUT2D eigenvalue weighted by molar-refractivity contribution is 0.557. The summed E-state index contributed by atoms with van der Waals surface area (Å²) in [5.41, 5.74) is 1.05. The molecule has 0 amide bonds. The molecule has 0 atom stereocenters. The molecule has 1 aliphatic carbocycles. The van der Waals surface area contributed by atoms with Gasteiger partial charge in [-0.2, -0.15) is 10.5 Å². The second-order valence-corrected chi connectivity index (χ2v) is 3.68. The van der Waals surface area contributed by atoms with Crippen LogP contribution in [-0.2, 0) is 0 Å². The van der Waals surface area contributed by atoms with Gasteiger partial charge in [0.15, 0.2) is 0 Å². The van der Waals surface area contributed by atoms with Gasteiger partial charge in [-0.05, 0) is 42.5 Å². The summed E-state index contributed by atoms with van der Waals surface area (Å²) in [7, 11) is 0. The fourth-order valence-corrected chi connectivity index (χ4v) is 1.53. The zero-order valence-corrected chi connectivity index (χ0v) is 8.68. The Morgan fingerprint density at radius 2 is 2.12 bits per heavy atom. The standard InChI is InChI=1S/C13H10N2O/c14-8-11(9-15)13(10-3-4-10)6-5-12-2-1-7-16-12/h1-2,5-7,10H,3-4H2/b6-5+. The molecule has 1 fully saturated rings. The molecule has 3 heteroatoms. The Morgan fingerprint density at radius 1 is 1.38 bits per heavy atom. The highest BCUT2D eigenvalue weighted by atomic mass is 16.3. The van der Waals surface area contributed by atoms with Crippen LogP contribution in [0.25, 0.3) is 6.08 Å². The van der Waals surface area contributed by atoms with E-state index in [0.717, 1.165) is 24.2 Å². The van der Waals surface area contributed by atoms with Crippen molar-refractivity contribution in [2.75, 3.05) is 0 Å². The largest absolute Gasteiger partial charge is 0.465 e. The minimum Gasteiger partial charge on any atom is -0.465 e. The van der Waals surface area contributed by atoms with E-state index in [1.54, 1.807) is 18.4 Å². The Morgan fingerprint density at radius 3 is 2.62 bits per heavy atom. The highest BCUT2D eigenvalue weighted by Gasteiger charge is 2.27. The van der Waals surface area contributed by atoms with Crippen LogP contribution < -0.4 is 0 Å². The Balaban J connectivity index is 2.26. The number of rotatable bonds is 3. The second-order valence-electron chi connectivity index (χ2n) is 3.68. The molecule has 0 aromatic carbocycles. The molecule has 2 rings (SSSR count). The van der Waals surface area contributed by atoms with Crippen LogP contribution in [0.4, 0.5) is 0 Å². The lowest BCUT2D eigenvalue weighted by atomic mass is 10.0. The van der Waals surface area contributed by atoms with Crippen LogP contribution >= 0.6 is 0 Å². The minimum absolute atomic E-state index is 0.213. The molecule has 0 bridgehead atoms. The molecule has 16 heavy (non-hydrogen) atoms. The van der Waals surface area contributed by atoms with Crippen LogP contribution in [0.5, 0.6) is 0 Å². The molecule has 0 radical (unpaired) electrons. The van der Waals surface area contributed by atoms with Crippen LogP contribution in [0.2, 0.25) is 0 Å². The van der Waals surface area contributed by atoms with E-state index in [1.165, 1.54) is 0 Å². The van der Waals surface area contributed by atoms with E-state index < -0.39 is 0 Å². The summed E-state index contributed by atoms with van der Waals surface area (Å²) >= 11 is 0. The van der Waals surface area contributed by atoms with Gasteiger partial charge in [-0.1, -0.05) is 6.08 Å². The molecule has 78 valence electrons. The van der Waals surface area contributed by atoms with Crippen molar-refractivity contribution in [1.82, 2.24) is 0 Å².